The van der Waals surface area contributed by atoms with Crippen molar-refractivity contribution in [1.82, 2.24) is 4.90 Å². The average Bonchev–Trinajstić information content (AvgIpc) is 2.76. The minimum absolute atomic E-state index is 0.113. The highest BCUT2D eigenvalue weighted by Crippen LogP contribution is 2.54. The van der Waals surface area contributed by atoms with Crippen LogP contribution in [0.4, 0.5) is 0 Å². The highest BCUT2D eigenvalue weighted by atomic mass is 16.3. The molecule has 1 N–H and O–H groups in total. The molecule has 0 aromatic heterocycles. The second-order valence-electron chi connectivity index (χ2n) is 7.96. The molecule has 28 heavy (non-hydrogen) atoms. The highest BCUT2D eigenvalue weighted by Gasteiger charge is 2.51. The Labute approximate surface area is 168 Å². The molecule has 2 nitrogen and oxygen atoms in total. The second-order valence-corrected chi connectivity index (χ2v) is 7.96. The molecule has 3 aromatic carbocycles. The molecule has 1 saturated heterocycles. The summed E-state index contributed by atoms with van der Waals surface area (Å²) in [6.07, 6.45) is 1.61. The Hall–Kier alpha value is -2.42. The number of rotatable bonds is 4. The SMILES string of the molecule is CC[C@H]1[C@@H](c2ccccc2)N(C)[C@H](c2ccccc2)C[C@]1(O)c1ccccc1. The third kappa shape index (κ3) is 3.28. The van der Waals surface area contributed by atoms with Gasteiger partial charge in [-0.3, -0.25) is 4.90 Å². The van der Waals surface area contributed by atoms with Crippen LogP contribution in [0.3, 0.4) is 0 Å². The van der Waals surface area contributed by atoms with Gasteiger partial charge in [-0.25, -0.2) is 0 Å². The largest absolute Gasteiger partial charge is 0.385 e. The molecule has 1 fully saturated rings. The van der Waals surface area contributed by atoms with Crippen molar-refractivity contribution in [3.8, 4) is 0 Å². The van der Waals surface area contributed by atoms with E-state index in [-0.39, 0.29) is 18.0 Å². The molecule has 0 saturated carbocycles. The van der Waals surface area contributed by atoms with E-state index >= 15 is 0 Å². The van der Waals surface area contributed by atoms with Gasteiger partial charge >= 0.3 is 0 Å². The van der Waals surface area contributed by atoms with Crippen LogP contribution in [0.2, 0.25) is 0 Å². The van der Waals surface area contributed by atoms with Crippen LogP contribution in [0.15, 0.2) is 91.0 Å². The Morgan fingerprint density at radius 3 is 1.86 bits per heavy atom. The summed E-state index contributed by atoms with van der Waals surface area (Å²) in [7, 11) is 2.21. The molecular weight excluding hydrogens is 342 g/mol. The molecule has 0 spiro atoms. The lowest BCUT2D eigenvalue weighted by Gasteiger charge is -2.53. The summed E-state index contributed by atoms with van der Waals surface area (Å²) >= 11 is 0. The Bertz CT molecular complexity index is 880. The minimum Gasteiger partial charge on any atom is -0.385 e. The van der Waals surface area contributed by atoms with E-state index in [0.29, 0.717) is 6.42 Å². The van der Waals surface area contributed by atoms with E-state index in [1.165, 1.54) is 11.1 Å². The fraction of sp³-hybridized carbons (Fsp3) is 0.308. The maximum absolute atomic E-state index is 12.2. The average molecular weight is 372 g/mol. The first kappa shape index (κ1) is 18.9. The molecule has 4 atom stereocenters. The van der Waals surface area contributed by atoms with Gasteiger partial charge in [-0.15, -0.1) is 0 Å². The summed E-state index contributed by atoms with van der Waals surface area (Å²) in [4.78, 5) is 2.47. The summed E-state index contributed by atoms with van der Waals surface area (Å²) in [5.74, 6) is 0.113. The van der Waals surface area contributed by atoms with E-state index in [1.807, 2.05) is 18.2 Å². The van der Waals surface area contributed by atoms with Crippen molar-refractivity contribution in [3.05, 3.63) is 108 Å². The highest BCUT2D eigenvalue weighted by molar-refractivity contribution is 5.32. The quantitative estimate of drug-likeness (QED) is 0.634. The summed E-state index contributed by atoms with van der Waals surface area (Å²) < 4.78 is 0. The number of piperidine rings is 1. The predicted octanol–water partition coefficient (Wildman–Crippen LogP) is 5.72. The summed E-state index contributed by atoms with van der Waals surface area (Å²) in [6, 6.07) is 31.8. The third-order valence-corrected chi connectivity index (χ3v) is 6.47. The number of nitrogens with zero attached hydrogens (tertiary/aromatic N) is 1. The summed E-state index contributed by atoms with van der Waals surface area (Å²) in [5, 5.41) is 12.2. The fourth-order valence-corrected chi connectivity index (χ4v) is 5.09. The molecule has 0 unspecified atom stereocenters. The molecule has 144 valence electrons. The van der Waals surface area contributed by atoms with Crippen LogP contribution in [-0.2, 0) is 5.60 Å². The fourth-order valence-electron chi connectivity index (χ4n) is 5.09. The number of hydrogen-bond donors (Lipinski definition) is 1. The van der Waals surface area contributed by atoms with Gasteiger partial charge in [0, 0.05) is 24.4 Å². The first-order valence-corrected chi connectivity index (χ1v) is 10.2. The van der Waals surface area contributed by atoms with Crippen LogP contribution in [0.25, 0.3) is 0 Å². The van der Waals surface area contributed by atoms with Crippen molar-refractivity contribution >= 4 is 0 Å². The molecule has 0 aliphatic carbocycles. The Balaban J connectivity index is 1.86. The van der Waals surface area contributed by atoms with Gasteiger partial charge in [0.25, 0.3) is 0 Å². The molecule has 4 rings (SSSR count). The lowest BCUT2D eigenvalue weighted by Crippen LogP contribution is -2.51. The first-order valence-electron chi connectivity index (χ1n) is 10.2. The van der Waals surface area contributed by atoms with Crippen molar-refractivity contribution in [2.24, 2.45) is 5.92 Å². The zero-order valence-corrected chi connectivity index (χ0v) is 16.7. The van der Waals surface area contributed by atoms with E-state index in [9.17, 15) is 5.11 Å². The van der Waals surface area contributed by atoms with Gasteiger partial charge in [0.1, 0.15) is 0 Å². The van der Waals surface area contributed by atoms with Crippen LogP contribution in [-0.4, -0.2) is 17.1 Å². The number of aliphatic hydroxyl groups is 1. The third-order valence-electron chi connectivity index (χ3n) is 6.47. The molecule has 0 bridgehead atoms. The van der Waals surface area contributed by atoms with E-state index in [4.69, 9.17) is 0 Å². The van der Waals surface area contributed by atoms with Gasteiger partial charge < -0.3 is 5.11 Å². The molecule has 1 aliphatic rings. The van der Waals surface area contributed by atoms with E-state index in [2.05, 4.69) is 91.7 Å². The Morgan fingerprint density at radius 2 is 1.32 bits per heavy atom. The molecule has 0 radical (unpaired) electrons. The van der Waals surface area contributed by atoms with E-state index in [1.54, 1.807) is 0 Å². The van der Waals surface area contributed by atoms with Crippen LogP contribution in [0, 0.1) is 5.92 Å². The van der Waals surface area contributed by atoms with Crippen LogP contribution in [0.1, 0.15) is 48.5 Å². The Kier molecular flexibility index (Phi) is 5.34. The zero-order chi connectivity index (χ0) is 19.6. The summed E-state index contributed by atoms with van der Waals surface area (Å²) in [6.45, 7) is 2.20. The van der Waals surface area contributed by atoms with Crippen molar-refractivity contribution < 1.29 is 5.11 Å². The smallest absolute Gasteiger partial charge is 0.0960 e. The van der Waals surface area contributed by atoms with Gasteiger partial charge in [-0.2, -0.15) is 0 Å². The van der Waals surface area contributed by atoms with Gasteiger partial charge in [-0.1, -0.05) is 97.9 Å². The second kappa shape index (κ2) is 7.90. The Morgan fingerprint density at radius 1 is 0.821 bits per heavy atom. The maximum Gasteiger partial charge on any atom is 0.0960 e. The normalized spacial score (nSPS) is 28.2. The molecule has 1 aliphatic heterocycles. The number of hydrogen-bond acceptors (Lipinski definition) is 2. The standard InChI is InChI=1S/C26H29NO/c1-3-23-25(21-15-9-5-10-16-21)27(2)24(20-13-7-4-8-14-20)19-26(23,28)22-17-11-6-12-18-22/h4-18,23-25,28H,3,19H2,1-2H3/t23-,24-,25+,26-/m0/s1. The lowest BCUT2D eigenvalue weighted by atomic mass is 9.66. The molecular formula is C26H29NO. The van der Waals surface area contributed by atoms with Crippen molar-refractivity contribution in [1.29, 1.82) is 0 Å². The molecule has 2 heteroatoms. The van der Waals surface area contributed by atoms with Crippen molar-refractivity contribution in [3.63, 3.8) is 0 Å². The molecule has 1 heterocycles. The van der Waals surface area contributed by atoms with Crippen LogP contribution < -0.4 is 0 Å². The van der Waals surface area contributed by atoms with E-state index in [0.717, 1.165) is 12.0 Å². The topological polar surface area (TPSA) is 23.5 Å². The van der Waals surface area contributed by atoms with Crippen LogP contribution >= 0.6 is 0 Å². The number of likely N-dealkylation sites (tertiary alicyclic amines) is 1. The van der Waals surface area contributed by atoms with E-state index < -0.39 is 5.60 Å². The predicted molar refractivity (Wildman–Crippen MR) is 115 cm³/mol. The minimum atomic E-state index is -0.871. The molecule has 0 amide bonds. The lowest BCUT2D eigenvalue weighted by molar-refractivity contribution is -0.128. The summed E-state index contributed by atoms with van der Waals surface area (Å²) in [5.41, 5.74) is 2.68. The number of benzene rings is 3. The first-order chi connectivity index (χ1) is 13.6. The van der Waals surface area contributed by atoms with Gasteiger partial charge in [-0.05, 0) is 30.2 Å². The van der Waals surface area contributed by atoms with Crippen molar-refractivity contribution in [2.45, 2.75) is 37.5 Å². The zero-order valence-electron chi connectivity index (χ0n) is 16.7. The van der Waals surface area contributed by atoms with Gasteiger partial charge in [0.05, 0.1) is 5.60 Å². The van der Waals surface area contributed by atoms with Gasteiger partial charge in [0.2, 0.25) is 0 Å². The van der Waals surface area contributed by atoms with Crippen LogP contribution in [0.5, 0.6) is 0 Å². The monoisotopic (exact) mass is 371 g/mol. The van der Waals surface area contributed by atoms with Gasteiger partial charge in [0.15, 0.2) is 0 Å². The molecule has 3 aromatic rings. The maximum atomic E-state index is 12.2. The van der Waals surface area contributed by atoms with Crippen molar-refractivity contribution in [2.75, 3.05) is 7.05 Å².